The maximum atomic E-state index is 13.2. The second-order valence-electron chi connectivity index (χ2n) is 9.35. The molecule has 0 aliphatic carbocycles. The molecule has 11 heteroatoms. The van der Waals surface area contributed by atoms with Gasteiger partial charge in [0, 0.05) is 46.0 Å². The Labute approximate surface area is 183 Å². The lowest BCUT2D eigenvalue weighted by Crippen LogP contribution is -2.49. The van der Waals surface area contributed by atoms with Gasteiger partial charge in [0.25, 0.3) is 5.56 Å². The van der Waals surface area contributed by atoms with Crippen molar-refractivity contribution in [2.45, 2.75) is 64.0 Å². The van der Waals surface area contributed by atoms with Gasteiger partial charge in [-0.05, 0) is 53.4 Å². The van der Waals surface area contributed by atoms with Gasteiger partial charge in [-0.3, -0.25) is 9.36 Å². The Kier molecular flexibility index (Phi) is 7.42. The molecule has 2 heterocycles. The Hall–Kier alpha value is -2.14. The fourth-order valence-corrected chi connectivity index (χ4v) is 5.28. The van der Waals surface area contributed by atoms with Crippen LogP contribution in [-0.2, 0) is 28.9 Å². The molecule has 31 heavy (non-hydrogen) atoms. The van der Waals surface area contributed by atoms with Gasteiger partial charge >= 0.3 is 11.8 Å². The summed E-state index contributed by atoms with van der Waals surface area (Å²) in [6, 6.07) is -0.113. The first kappa shape index (κ1) is 25.1. The van der Waals surface area contributed by atoms with Crippen LogP contribution in [0.2, 0.25) is 0 Å². The molecular formula is C20H34N4O6S. The van der Waals surface area contributed by atoms with Gasteiger partial charge < -0.3 is 14.2 Å². The van der Waals surface area contributed by atoms with Crippen molar-refractivity contribution in [1.82, 2.24) is 18.3 Å². The summed E-state index contributed by atoms with van der Waals surface area (Å²) in [5.74, 6) is -0.102. The van der Waals surface area contributed by atoms with E-state index in [1.807, 2.05) is 13.8 Å². The Morgan fingerprint density at radius 2 is 1.87 bits per heavy atom. The minimum Gasteiger partial charge on any atom is -0.444 e. The zero-order valence-corrected chi connectivity index (χ0v) is 20.2. The Balaban J connectivity index is 2.26. The number of carbonyl (C=O) groups is 1. The molecule has 176 valence electrons. The summed E-state index contributed by atoms with van der Waals surface area (Å²) in [5.41, 5.74) is -2.07. The predicted octanol–water partition coefficient (Wildman–Crippen LogP) is 1.13. The van der Waals surface area contributed by atoms with Crippen LogP contribution in [0.3, 0.4) is 0 Å². The monoisotopic (exact) mass is 458 g/mol. The van der Waals surface area contributed by atoms with Crippen molar-refractivity contribution in [3.63, 3.8) is 0 Å². The Morgan fingerprint density at radius 3 is 2.42 bits per heavy atom. The molecule has 1 aliphatic rings. The van der Waals surface area contributed by atoms with E-state index in [-0.39, 0.29) is 25.0 Å². The van der Waals surface area contributed by atoms with Crippen LogP contribution in [0, 0.1) is 5.92 Å². The highest BCUT2D eigenvalue weighted by atomic mass is 32.2. The van der Waals surface area contributed by atoms with Crippen LogP contribution in [-0.4, -0.2) is 64.1 Å². The highest BCUT2D eigenvalue weighted by Gasteiger charge is 2.35. The van der Waals surface area contributed by atoms with Crippen LogP contribution in [0.4, 0.5) is 4.79 Å². The topological polar surface area (TPSA) is 111 Å². The number of aromatic nitrogens is 2. The standard InChI is InChI=1S/C20H34N4O6S/c1-14(2)24(19(27)30-20(3,4)5)12-15-9-8-10-23(11-15)31(28,29)16-13-21(6)18(26)22(7)17(16)25/h13-15H,8-12H2,1-7H3. The lowest BCUT2D eigenvalue weighted by molar-refractivity contribution is 0.0137. The maximum absolute atomic E-state index is 13.2. The number of ether oxygens (including phenoxy) is 1. The number of carbonyl (C=O) groups excluding carboxylic acids is 1. The normalized spacial score (nSPS) is 18.3. The fraction of sp³-hybridized carbons (Fsp3) is 0.750. The van der Waals surface area contributed by atoms with E-state index in [9.17, 15) is 22.8 Å². The number of sulfonamides is 1. The van der Waals surface area contributed by atoms with Crippen LogP contribution in [0.1, 0.15) is 47.5 Å². The largest absolute Gasteiger partial charge is 0.444 e. The second kappa shape index (κ2) is 9.15. The Bertz CT molecular complexity index is 1040. The summed E-state index contributed by atoms with van der Waals surface area (Å²) in [5, 5.41) is 0. The number of amides is 1. The molecule has 1 saturated heterocycles. The molecule has 1 fully saturated rings. The number of aryl methyl sites for hydroxylation is 1. The zero-order chi connectivity index (χ0) is 23.7. The molecule has 1 unspecified atom stereocenters. The van der Waals surface area contributed by atoms with Crippen LogP contribution in [0.25, 0.3) is 0 Å². The molecule has 0 radical (unpaired) electrons. The minimum atomic E-state index is -4.09. The first-order valence-corrected chi connectivity index (χ1v) is 11.9. The number of nitrogens with zero attached hydrogens (tertiary/aromatic N) is 4. The van der Waals surface area contributed by atoms with E-state index >= 15 is 0 Å². The van der Waals surface area contributed by atoms with E-state index < -0.39 is 37.9 Å². The van der Waals surface area contributed by atoms with E-state index in [2.05, 4.69) is 0 Å². The van der Waals surface area contributed by atoms with E-state index in [1.165, 1.54) is 18.4 Å². The first-order valence-electron chi connectivity index (χ1n) is 10.4. The molecule has 0 N–H and O–H groups in total. The fourth-order valence-electron chi connectivity index (χ4n) is 3.58. The highest BCUT2D eigenvalue weighted by molar-refractivity contribution is 7.89. The number of hydrogen-bond donors (Lipinski definition) is 0. The van der Waals surface area contributed by atoms with Crippen molar-refractivity contribution < 1.29 is 17.9 Å². The summed E-state index contributed by atoms with van der Waals surface area (Å²) >= 11 is 0. The minimum absolute atomic E-state index is 0.102. The second-order valence-corrected chi connectivity index (χ2v) is 11.3. The molecule has 1 aromatic heterocycles. The van der Waals surface area contributed by atoms with Crippen molar-refractivity contribution >= 4 is 16.1 Å². The van der Waals surface area contributed by atoms with Crippen molar-refractivity contribution in [1.29, 1.82) is 0 Å². The molecule has 0 aromatic carbocycles. The van der Waals surface area contributed by atoms with Crippen molar-refractivity contribution in [2.75, 3.05) is 19.6 Å². The van der Waals surface area contributed by atoms with Gasteiger partial charge in [0.15, 0.2) is 4.90 Å². The van der Waals surface area contributed by atoms with Crippen LogP contribution >= 0.6 is 0 Å². The zero-order valence-electron chi connectivity index (χ0n) is 19.4. The van der Waals surface area contributed by atoms with Crippen molar-refractivity contribution in [3.05, 3.63) is 27.0 Å². The molecule has 10 nitrogen and oxygen atoms in total. The lowest BCUT2D eigenvalue weighted by atomic mass is 9.98. The summed E-state index contributed by atoms with van der Waals surface area (Å²) in [4.78, 5) is 38.2. The number of rotatable bonds is 5. The van der Waals surface area contributed by atoms with Crippen LogP contribution in [0.5, 0.6) is 0 Å². The Morgan fingerprint density at radius 1 is 1.26 bits per heavy atom. The number of piperidine rings is 1. The SMILES string of the molecule is CC(C)N(CC1CCCN(S(=O)(=O)c2cn(C)c(=O)n(C)c2=O)C1)C(=O)OC(C)(C)C. The van der Waals surface area contributed by atoms with Gasteiger partial charge in [0.1, 0.15) is 5.60 Å². The summed E-state index contributed by atoms with van der Waals surface area (Å²) in [7, 11) is -1.43. The molecular weight excluding hydrogens is 424 g/mol. The highest BCUT2D eigenvalue weighted by Crippen LogP contribution is 2.24. The predicted molar refractivity (Wildman–Crippen MR) is 116 cm³/mol. The molecule has 1 aliphatic heterocycles. The van der Waals surface area contributed by atoms with Crippen LogP contribution < -0.4 is 11.2 Å². The molecule has 0 bridgehead atoms. The molecule has 1 amide bonds. The molecule has 1 atom stereocenters. The summed E-state index contributed by atoms with van der Waals surface area (Å²) in [6.45, 7) is 9.97. The smallest absolute Gasteiger partial charge is 0.410 e. The van der Waals surface area contributed by atoms with Gasteiger partial charge in [0.05, 0.1) is 0 Å². The summed E-state index contributed by atoms with van der Waals surface area (Å²) < 4.78 is 35.0. The van der Waals surface area contributed by atoms with Gasteiger partial charge in [-0.25, -0.2) is 18.0 Å². The van der Waals surface area contributed by atoms with Gasteiger partial charge in [-0.1, -0.05) is 0 Å². The third-order valence-corrected chi connectivity index (χ3v) is 7.07. The summed E-state index contributed by atoms with van der Waals surface area (Å²) in [6.07, 6.45) is 2.00. The first-order chi connectivity index (χ1) is 14.1. The quantitative estimate of drug-likeness (QED) is 0.654. The van der Waals surface area contributed by atoms with Crippen molar-refractivity contribution in [3.8, 4) is 0 Å². The molecule has 1 aromatic rings. The van der Waals surface area contributed by atoms with E-state index in [1.54, 1.807) is 25.7 Å². The third kappa shape index (κ3) is 5.76. The van der Waals surface area contributed by atoms with Gasteiger partial charge in [-0.15, -0.1) is 0 Å². The lowest BCUT2D eigenvalue weighted by Gasteiger charge is -2.37. The molecule has 2 rings (SSSR count). The number of hydrogen-bond acceptors (Lipinski definition) is 6. The van der Waals surface area contributed by atoms with E-state index in [0.717, 1.165) is 21.8 Å². The van der Waals surface area contributed by atoms with E-state index in [0.29, 0.717) is 13.0 Å². The van der Waals surface area contributed by atoms with Gasteiger partial charge in [0.2, 0.25) is 10.0 Å². The molecule has 0 spiro atoms. The average Bonchev–Trinajstić information content (AvgIpc) is 2.65. The van der Waals surface area contributed by atoms with Gasteiger partial charge in [-0.2, -0.15) is 4.31 Å². The van der Waals surface area contributed by atoms with E-state index in [4.69, 9.17) is 4.74 Å². The molecule has 0 saturated carbocycles. The maximum Gasteiger partial charge on any atom is 0.410 e. The average molecular weight is 459 g/mol. The van der Waals surface area contributed by atoms with Crippen LogP contribution in [0.15, 0.2) is 20.7 Å². The third-order valence-electron chi connectivity index (χ3n) is 5.22. The van der Waals surface area contributed by atoms with Crippen molar-refractivity contribution in [2.24, 2.45) is 20.0 Å².